The van der Waals surface area contributed by atoms with Crippen LogP contribution in [0.4, 0.5) is 0 Å². The molecule has 0 heterocycles. The van der Waals surface area contributed by atoms with Gasteiger partial charge < -0.3 is 9.16 Å². The lowest BCUT2D eigenvalue weighted by Crippen LogP contribution is -1.99. The van der Waals surface area contributed by atoms with Crippen LogP contribution in [0.15, 0.2) is 23.2 Å². The minimum absolute atomic E-state index is 0.659. The Morgan fingerprint density at radius 3 is 2.33 bits per heavy atom. The van der Waals surface area contributed by atoms with Crippen LogP contribution in [-0.4, -0.2) is 17.1 Å². The topological polar surface area (TPSA) is 18.5 Å². The fourth-order valence-corrected chi connectivity index (χ4v) is 1.25. The Morgan fingerprint density at radius 1 is 1.42 bits per heavy atom. The lowest BCUT2D eigenvalue weighted by Gasteiger charge is -2.11. The normalized spacial score (nSPS) is 14.2. The van der Waals surface area contributed by atoms with Crippen molar-refractivity contribution >= 4 is 10.5 Å². The largest absolute Gasteiger partial charge is 0.528 e. The highest BCUT2D eigenvalue weighted by molar-refractivity contribution is 5.98. The van der Waals surface area contributed by atoms with Crippen LogP contribution in [0.1, 0.15) is 27.7 Å². The molecule has 0 saturated carbocycles. The maximum atomic E-state index is 5.33. The average Bonchev–Trinajstić information content (AvgIpc) is 2.11. The van der Waals surface area contributed by atoms with Crippen LogP contribution in [0.25, 0.3) is 0 Å². The van der Waals surface area contributed by atoms with E-state index in [0.717, 1.165) is 5.57 Å². The predicted octanol–water partition coefficient (Wildman–Crippen LogP) is 1.52. The Labute approximate surface area is 77.8 Å². The van der Waals surface area contributed by atoms with Crippen molar-refractivity contribution in [2.24, 2.45) is 0 Å². The predicted molar refractivity (Wildman–Crippen MR) is 54.8 cm³/mol. The third kappa shape index (κ3) is 3.13. The molecule has 3 heteroatoms. The summed E-state index contributed by atoms with van der Waals surface area (Å²) in [6.07, 6.45) is 2.05. The Morgan fingerprint density at radius 2 is 2.00 bits per heavy atom. The van der Waals surface area contributed by atoms with E-state index in [4.69, 9.17) is 9.16 Å². The van der Waals surface area contributed by atoms with E-state index in [9.17, 15) is 0 Å². The molecule has 0 aliphatic carbocycles. The molecule has 0 amide bonds. The van der Waals surface area contributed by atoms with Crippen LogP contribution in [0.3, 0.4) is 0 Å². The monoisotopic (exact) mass is 186 g/mol. The van der Waals surface area contributed by atoms with Crippen molar-refractivity contribution in [1.82, 2.24) is 0 Å². The summed E-state index contributed by atoms with van der Waals surface area (Å²) in [5.41, 5.74) is 2.30. The lowest BCUT2D eigenvalue weighted by molar-refractivity contribution is 0.119. The number of allylic oxidation sites excluding steroid dienone is 3. The molecule has 2 nitrogen and oxygen atoms in total. The zero-order valence-electron chi connectivity index (χ0n) is 8.60. The quantitative estimate of drug-likeness (QED) is 0.376. The van der Waals surface area contributed by atoms with Crippen molar-refractivity contribution < 1.29 is 9.16 Å². The molecule has 0 radical (unpaired) electrons. The van der Waals surface area contributed by atoms with Gasteiger partial charge in [0, 0.05) is 5.57 Å². The molecule has 0 aromatic carbocycles. The van der Waals surface area contributed by atoms with Crippen molar-refractivity contribution in [3.05, 3.63) is 23.2 Å². The molecule has 0 aliphatic heterocycles. The number of hydrogen-bond acceptors (Lipinski definition) is 2. The highest BCUT2D eigenvalue weighted by Gasteiger charge is 2.03. The molecular formula is C9H18O2Si. The first-order chi connectivity index (χ1) is 5.67. The molecule has 70 valence electrons. The van der Waals surface area contributed by atoms with Crippen LogP contribution in [-0.2, 0) is 9.16 Å². The van der Waals surface area contributed by atoms with E-state index in [0.29, 0.717) is 23.0 Å². The molecule has 0 N–H and O–H groups in total. The van der Waals surface area contributed by atoms with Crippen LogP contribution >= 0.6 is 0 Å². The van der Waals surface area contributed by atoms with Gasteiger partial charge in [0.15, 0.2) is 0 Å². The molecular weight excluding hydrogens is 168 g/mol. The first-order valence-electron chi connectivity index (χ1n) is 4.18. The molecule has 0 aliphatic rings. The number of ether oxygens (including phenoxy) is 1. The molecule has 12 heavy (non-hydrogen) atoms. The Bertz CT molecular complexity index is 195. The molecule has 0 atom stereocenters. The third-order valence-corrected chi connectivity index (χ3v) is 2.16. The second kappa shape index (κ2) is 5.89. The van der Waals surface area contributed by atoms with Crippen LogP contribution in [0, 0.1) is 0 Å². The standard InChI is InChI=1S/C9H18O2Si/c1-5-7(3)8(4)9(11-12)10-6-2/h5H,6H2,1-4,12H3. The smallest absolute Gasteiger partial charge is 0.267 e. The van der Waals surface area contributed by atoms with Crippen molar-refractivity contribution in [3.63, 3.8) is 0 Å². The van der Waals surface area contributed by atoms with Crippen molar-refractivity contribution in [3.8, 4) is 0 Å². The summed E-state index contributed by atoms with van der Waals surface area (Å²) >= 11 is 0. The van der Waals surface area contributed by atoms with Gasteiger partial charge in [0.25, 0.3) is 5.95 Å². The minimum atomic E-state index is 0.659. The van der Waals surface area contributed by atoms with Gasteiger partial charge in [-0.3, -0.25) is 0 Å². The van der Waals surface area contributed by atoms with Crippen LogP contribution < -0.4 is 0 Å². The molecule has 0 bridgehead atoms. The van der Waals surface area contributed by atoms with Gasteiger partial charge in [-0.05, 0) is 33.3 Å². The highest BCUT2D eigenvalue weighted by Crippen LogP contribution is 2.14. The van der Waals surface area contributed by atoms with E-state index in [1.807, 2.05) is 20.8 Å². The van der Waals surface area contributed by atoms with E-state index in [-0.39, 0.29) is 0 Å². The van der Waals surface area contributed by atoms with Gasteiger partial charge in [0.05, 0.1) is 6.61 Å². The molecule has 0 rings (SSSR count). The number of rotatable bonds is 4. The van der Waals surface area contributed by atoms with Crippen LogP contribution in [0.5, 0.6) is 0 Å². The molecule has 0 spiro atoms. The second-order valence-corrected chi connectivity index (χ2v) is 2.93. The highest BCUT2D eigenvalue weighted by atomic mass is 28.2. The summed E-state index contributed by atoms with van der Waals surface area (Å²) < 4.78 is 10.6. The van der Waals surface area contributed by atoms with Gasteiger partial charge in [-0.25, -0.2) is 0 Å². The summed E-state index contributed by atoms with van der Waals surface area (Å²) in [6, 6.07) is 0. The van der Waals surface area contributed by atoms with E-state index in [1.165, 1.54) is 5.57 Å². The minimum Gasteiger partial charge on any atom is -0.528 e. The fraction of sp³-hybridized carbons (Fsp3) is 0.556. The van der Waals surface area contributed by atoms with Gasteiger partial charge in [-0.2, -0.15) is 0 Å². The van der Waals surface area contributed by atoms with E-state index < -0.39 is 0 Å². The molecule has 0 fully saturated rings. The van der Waals surface area contributed by atoms with E-state index in [2.05, 4.69) is 13.0 Å². The van der Waals surface area contributed by atoms with Gasteiger partial charge in [-0.1, -0.05) is 6.08 Å². The Hall–Kier alpha value is -0.703. The summed E-state index contributed by atoms with van der Waals surface area (Å²) in [7, 11) is 0.673. The summed E-state index contributed by atoms with van der Waals surface area (Å²) in [5.74, 6) is 0.680. The first kappa shape index (κ1) is 11.3. The fourth-order valence-electron chi connectivity index (χ4n) is 0.829. The van der Waals surface area contributed by atoms with Gasteiger partial charge in [0.2, 0.25) is 10.5 Å². The van der Waals surface area contributed by atoms with E-state index >= 15 is 0 Å². The molecule has 0 aromatic heterocycles. The first-order valence-corrected chi connectivity index (χ1v) is 4.99. The van der Waals surface area contributed by atoms with E-state index in [1.54, 1.807) is 0 Å². The second-order valence-electron chi connectivity index (χ2n) is 2.52. The average molecular weight is 186 g/mol. The maximum absolute atomic E-state index is 5.33. The van der Waals surface area contributed by atoms with Gasteiger partial charge in [-0.15, -0.1) is 0 Å². The lowest BCUT2D eigenvalue weighted by atomic mass is 10.1. The number of hydrogen-bond donors (Lipinski definition) is 0. The summed E-state index contributed by atoms with van der Waals surface area (Å²) in [4.78, 5) is 0. The Kier molecular flexibility index (Phi) is 5.54. The van der Waals surface area contributed by atoms with Crippen molar-refractivity contribution in [2.75, 3.05) is 6.61 Å². The zero-order chi connectivity index (χ0) is 9.56. The summed E-state index contributed by atoms with van der Waals surface area (Å²) in [6.45, 7) is 8.69. The van der Waals surface area contributed by atoms with Gasteiger partial charge >= 0.3 is 0 Å². The SMILES string of the molecule is CC=C(C)C(C)=C(O[SiH3])OCC. The van der Waals surface area contributed by atoms with Gasteiger partial charge in [0.1, 0.15) is 0 Å². The third-order valence-electron chi connectivity index (χ3n) is 1.79. The van der Waals surface area contributed by atoms with Crippen LogP contribution in [0.2, 0.25) is 0 Å². The Balaban J connectivity index is 4.59. The van der Waals surface area contributed by atoms with Crippen molar-refractivity contribution in [1.29, 1.82) is 0 Å². The van der Waals surface area contributed by atoms with Crippen molar-refractivity contribution in [2.45, 2.75) is 27.7 Å². The molecule has 0 saturated heterocycles. The summed E-state index contributed by atoms with van der Waals surface area (Å²) in [5, 5.41) is 0. The maximum Gasteiger partial charge on any atom is 0.267 e. The zero-order valence-corrected chi connectivity index (χ0v) is 10.6. The molecule has 0 unspecified atom stereocenters. The molecule has 0 aromatic rings.